The average molecular weight is 284 g/mol. The summed E-state index contributed by atoms with van der Waals surface area (Å²) in [5.41, 5.74) is -1.16. The van der Waals surface area contributed by atoms with Crippen LogP contribution in [-0.4, -0.2) is 16.1 Å². The molecule has 0 aliphatic rings. The number of nitrogens with zero attached hydrogens (tertiary/aromatic N) is 1. The third-order valence-corrected chi connectivity index (χ3v) is 2.19. The van der Waals surface area contributed by atoms with Gasteiger partial charge in [-0.15, -0.1) is 0 Å². The Morgan fingerprint density at radius 1 is 1.60 bits per heavy atom. The highest BCUT2D eigenvalue weighted by atomic mass is 79.9. The first kappa shape index (κ1) is 12.0. The van der Waals surface area contributed by atoms with Crippen molar-refractivity contribution >= 4 is 21.9 Å². The Bertz CT molecular complexity index is 398. The van der Waals surface area contributed by atoms with E-state index in [1.54, 1.807) is 0 Å². The van der Waals surface area contributed by atoms with E-state index >= 15 is 0 Å². The van der Waals surface area contributed by atoms with Crippen molar-refractivity contribution in [1.29, 1.82) is 0 Å². The minimum Gasteiger partial charge on any atom is -0.481 e. The first-order valence-corrected chi connectivity index (χ1v) is 4.56. The van der Waals surface area contributed by atoms with Crippen molar-refractivity contribution < 1.29 is 23.1 Å². The van der Waals surface area contributed by atoms with Crippen LogP contribution in [0, 0.1) is 5.82 Å². The molecule has 3 nitrogen and oxygen atoms in total. The van der Waals surface area contributed by atoms with Gasteiger partial charge in [-0.2, -0.15) is 0 Å². The van der Waals surface area contributed by atoms with Gasteiger partial charge in [-0.05, 0) is 22.0 Å². The van der Waals surface area contributed by atoms with Crippen molar-refractivity contribution in [3.05, 3.63) is 27.7 Å². The van der Waals surface area contributed by atoms with Crippen LogP contribution >= 0.6 is 15.9 Å². The summed E-state index contributed by atoms with van der Waals surface area (Å²) in [4.78, 5) is 13.5. The third kappa shape index (κ3) is 2.92. The van der Waals surface area contributed by atoms with Crippen LogP contribution in [0.1, 0.15) is 17.8 Å². The van der Waals surface area contributed by atoms with Gasteiger partial charge >= 0.3 is 5.97 Å². The van der Waals surface area contributed by atoms with Crippen molar-refractivity contribution in [2.75, 3.05) is 0 Å². The van der Waals surface area contributed by atoms with Crippen LogP contribution in [0.25, 0.3) is 0 Å². The largest absolute Gasteiger partial charge is 0.481 e. The smallest absolute Gasteiger partial charge is 0.309 e. The van der Waals surface area contributed by atoms with Gasteiger partial charge in [-0.1, -0.05) is 0 Å². The summed E-state index contributed by atoms with van der Waals surface area (Å²) in [6.07, 6.45) is -3.61. The summed E-state index contributed by atoms with van der Waals surface area (Å²) in [6.45, 7) is 0. The van der Waals surface area contributed by atoms with Gasteiger partial charge in [0.1, 0.15) is 11.5 Å². The molecule has 0 bridgehead atoms. The Labute approximate surface area is 91.1 Å². The van der Waals surface area contributed by atoms with Crippen molar-refractivity contribution in [3.63, 3.8) is 0 Å². The van der Waals surface area contributed by atoms with Gasteiger partial charge in [0.25, 0.3) is 6.43 Å². The summed E-state index contributed by atoms with van der Waals surface area (Å²) in [5, 5.41) is 8.38. The predicted octanol–water partition coefficient (Wildman–Crippen LogP) is 2.55. The maximum atomic E-state index is 13.1. The van der Waals surface area contributed by atoms with Gasteiger partial charge in [0, 0.05) is 4.47 Å². The average Bonchev–Trinajstić information content (AvgIpc) is 2.08. The molecule has 1 aromatic rings. The Morgan fingerprint density at radius 3 is 2.67 bits per heavy atom. The van der Waals surface area contributed by atoms with E-state index in [0.717, 1.165) is 6.07 Å². The van der Waals surface area contributed by atoms with Gasteiger partial charge in [-0.3, -0.25) is 4.79 Å². The van der Waals surface area contributed by atoms with Crippen LogP contribution in [0.5, 0.6) is 0 Å². The monoisotopic (exact) mass is 283 g/mol. The summed E-state index contributed by atoms with van der Waals surface area (Å²) >= 11 is 2.72. The summed E-state index contributed by atoms with van der Waals surface area (Å²) in [5.74, 6) is -2.25. The van der Waals surface area contributed by atoms with E-state index in [4.69, 9.17) is 5.11 Å². The summed E-state index contributed by atoms with van der Waals surface area (Å²) in [7, 11) is 0. The molecule has 82 valence electrons. The van der Waals surface area contributed by atoms with Crippen molar-refractivity contribution in [1.82, 2.24) is 4.98 Å². The Balaban J connectivity index is 3.17. The van der Waals surface area contributed by atoms with Crippen molar-refractivity contribution in [2.24, 2.45) is 0 Å². The SMILES string of the molecule is O=C(O)Cc1nc(C(F)F)c(Br)cc1F. The molecule has 0 saturated carbocycles. The second-order valence-electron chi connectivity index (χ2n) is 2.66. The predicted molar refractivity (Wildman–Crippen MR) is 48.2 cm³/mol. The van der Waals surface area contributed by atoms with E-state index < -0.39 is 36.0 Å². The number of pyridine rings is 1. The number of carboxylic acid groups (broad SMARTS) is 1. The second kappa shape index (κ2) is 4.61. The number of aromatic nitrogens is 1. The zero-order chi connectivity index (χ0) is 11.6. The summed E-state index contributed by atoms with van der Waals surface area (Å²) < 4.78 is 37.5. The number of rotatable bonds is 3. The molecule has 7 heteroatoms. The number of aliphatic carboxylic acids is 1. The zero-order valence-electron chi connectivity index (χ0n) is 7.18. The van der Waals surface area contributed by atoms with Gasteiger partial charge in [0.2, 0.25) is 0 Å². The van der Waals surface area contributed by atoms with Gasteiger partial charge in [0.15, 0.2) is 0 Å². The van der Waals surface area contributed by atoms with Crippen LogP contribution in [0.15, 0.2) is 10.5 Å². The fourth-order valence-corrected chi connectivity index (χ4v) is 1.40. The standard InChI is InChI=1S/C8H5BrF3NO2/c9-3-1-4(10)5(2-6(14)15)13-7(3)8(11)12/h1,8H,2H2,(H,14,15). The number of hydrogen-bond donors (Lipinski definition) is 1. The maximum absolute atomic E-state index is 13.1. The summed E-state index contributed by atoms with van der Waals surface area (Å²) in [6, 6.07) is 0.784. The molecule has 1 aromatic heterocycles. The molecule has 15 heavy (non-hydrogen) atoms. The van der Waals surface area contributed by atoms with Crippen LogP contribution < -0.4 is 0 Å². The fraction of sp³-hybridized carbons (Fsp3) is 0.250. The normalized spacial score (nSPS) is 10.7. The van der Waals surface area contributed by atoms with E-state index in [1.807, 2.05) is 0 Å². The van der Waals surface area contributed by atoms with Gasteiger partial charge in [-0.25, -0.2) is 18.2 Å². The molecular weight excluding hydrogens is 279 g/mol. The first-order valence-electron chi connectivity index (χ1n) is 3.76. The van der Waals surface area contributed by atoms with E-state index in [2.05, 4.69) is 20.9 Å². The highest BCUT2D eigenvalue weighted by molar-refractivity contribution is 9.10. The zero-order valence-corrected chi connectivity index (χ0v) is 8.76. The molecule has 0 atom stereocenters. The number of carbonyl (C=O) groups is 1. The van der Waals surface area contributed by atoms with Crippen molar-refractivity contribution in [3.8, 4) is 0 Å². The second-order valence-corrected chi connectivity index (χ2v) is 3.51. The van der Waals surface area contributed by atoms with Crippen LogP contribution in [0.3, 0.4) is 0 Å². The molecule has 0 spiro atoms. The van der Waals surface area contributed by atoms with E-state index in [9.17, 15) is 18.0 Å². The molecule has 1 rings (SSSR count). The fourth-order valence-electron chi connectivity index (χ4n) is 0.941. The van der Waals surface area contributed by atoms with Gasteiger partial charge < -0.3 is 5.11 Å². The number of hydrogen-bond acceptors (Lipinski definition) is 2. The van der Waals surface area contributed by atoms with Crippen molar-refractivity contribution in [2.45, 2.75) is 12.8 Å². The van der Waals surface area contributed by atoms with Crippen LogP contribution in [-0.2, 0) is 11.2 Å². The molecule has 0 aliphatic heterocycles. The van der Waals surface area contributed by atoms with Crippen LogP contribution in [0.4, 0.5) is 13.2 Å². The third-order valence-electron chi connectivity index (χ3n) is 1.55. The lowest BCUT2D eigenvalue weighted by molar-refractivity contribution is -0.136. The maximum Gasteiger partial charge on any atom is 0.309 e. The van der Waals surface area contributed by atoms with E-state index in [1.165, 1.54) is 0 Å². The molecule has 0 unspecified atom stereocenters. The molecule has 0 amide bonds. The lowest BCUT2D eigenvalue weighted by atomic mass is 10.2. The van der Waals surface area contributed by atoms with Gasteiger partial charge in [0.05, 0.1) is 12.1 Å². The molecule has 1 N–H and O–H groups in total. The highest BCUT2D eigenvalue weighted by Gasteiger charge is 2.18. The lowest BCUT2D eigenvalue weighted by Crippen LogP contribution is -2.07. The number of halogens is 4. The molecule has 0 radical (unpaired) electrons. The topological polar surface area (TPSA) is 50.2 Å². The van der Waals surface area contributed by atoms with E-state index in [-0.39, 0.29) is 4.47 Å². The minimum absolute atomic E-state index is 0.177. The first-order chi connectivity index (χ1) is 6.91. The molecule has 0 aromatic carbocycles. The molecule has 1 heterocycles. The number of carboxylic acids is 1. The quantitative estimate of drug-likeness (QED) is 0.928. The molecular formula is C8H5BrF3NO2. The van der Waals surface area contributed by atoms with E-state index in [0.29, 0.717) is 0 Å². The Morgan fingerprint density at radius 2 is 2.20 bits per heavy atom. The molecule has 0 saturated heterocycles. The highest BCUT2D eigenvalue weighted by Crippen LogP contribution is 2.27. The Hall–Kier alpha value is -1.11. The minimum atomic E-state index is -2.88. The molecule has 0 aliphatic carbocycles. The molecule has 0 fully saturated rings. The van der Waals surface area contributed by atoms with Crippen LogP contribution in [0.2, 0.25) is 0 Å². The Kier molecular flexibility index (Phi) is 3.67. The lowest BCUT2D eigenvalue weighted by Gasteiger charge is -2.05. The number of alkyl halides is 2.